The summed E-state index contributed by atoms with van der Waals surface area (Å²) in [6.45, 7) is 0.432. The molecule has 0 radical (unpaired) electrons. The SMILES string of the molecule is O=C(CCC1NC(=O)C2C3=C(CCCCC3)SC2N1)NCc1ccccn1. The van der Waals surface area contributed by atoms with E-state index in [1.165, 1.54) is 29.7 Å². The molecule has 3 unspecified atom stereocenters. The third-order valence-corrected chi connectivity index (χ3v) is 6.89. The van der Waals surface area contributed by atoms with E-state index in [1.807, 2.05) is 30.0 Å². The van der Waals surface area contributed by atoms with E-state index in [9.17, 15) is 9.59 Å². The van der Waals surface area contributed by atoms with Gasteiger partial charge in [-0.2, -0.15) is 0 Å². The first-order valence-corrected chi connectivity index (χ1v) is 10.7. The lowest BCUT2D eigenvalue weighted by Gasteiger charge is -2.34. The molecule has 1 fully saturated rings. The minimum Gasteiger partial charge on any atom is -0.350 e. The molecule has 2 amide bonds. The second kappa shape index (κ2) is 8.44. The van der Waals surface area contributed by atoms with E-state index in [0.717, 1.165) is 18.5 Å². The van der Waals surface area contributed by atoms with Crippen molar-refractivity contribution in [2.75, 3.05) is 0 Å². The van der Waals surface area contributed by atoms with E-state index < -0.39 is 0 Å². The van der Waals surface area contributed by atoms with Crippen LogP contribution in [0.15, 0.2) is 34.9 Å². The van der Waals surface area contributed by atoms with Gasteiger partial charge in [-0.1, -0.05) is 12.5 Å². The van der Waals surface area contributed by atoms with Gasteiger partial charge in [0.1, 0.15) is 0 Å². The Labute approximate surface area is 164 Å². The molecular formula is C20H26N4O2S. The lowest BCUT2D eigenvalue weighted by atomic mass is 9.92. The zero-order valence-electron chi connectivity index (χ0n) is 15.4. The molecule has 3 N–H and O–H groups in total. The molecule has 27 heavy (non-hydrogen) atoms. The van der Waals surface area contributed by atoms with Crippen LogP contribution in [0.3, 0.4) is 0 Å². The van der Waals surface area contributed by atoms with E-state index in [2.05, 4.69) is 20.9 Å². The van der Waals surface area contributed by atoms with Crippen molar-refractivity contribution < 1.29 is 9.59 Å². The third kappa shape index (κ3) is 4.35. The quantitative estimate of drug-likeness (QED) is 0.724. The van der Waals surface area contributed by atoms with Crippen LogP contribution in [-0.4, -0.2) is 28.3 Å². The maximum Gasteiger partial charge on any atom is 0.230 e. The molecule has 6 nitrogen and oxygen atoms in total. The summed E-state index contributed by atoms with van der Waals surface area (Å²) >= 11 is 1.84. The average molecular weight is 387 g/mol. The molecule has 0 saturated carbocycles. The number of carbonyl (C=O) groups is 2. The predicted molar refractivity (Wildman–Crippen MR) is 105 cm³/mol. The number of nitrogens with zero attached hydrogens (tertiary/aromatic N) is 1. The number of carbonyl (C=O) groups excluding carboxylic acids is 2. The van der Waals surface area contributed by atoms with Crippen LogP contribution >= 0.6 is 11.8 Å². The van der Waals surface area contributed by atoms with E-state index in [4.69, 9.17) is 0 Å². The Kier molecular flexibility index (Phi) is 5.78. The number of hydrogen-bond donors (Lipinski definition) is 3. The topological polar surface area (TPSA) is 83.1 Å². The molecule has 0 aromatic carbocycles. The molecule has 0 bridgehead atoms. The van der Waals surface area contributed by atoms with Crippen LogP contribution in [0.5, 0.6) is 0 Å². The fourth-order valence-electron chi connectivity index (χ4n) is 4.08. The van der Waals surface area contributed by atoms with Crippen LogP contribution in [0.2, 0.25) is 0 Å². The highest BCUT2D eigenvalue weighted by atomic mass is 32.2. The number of rotatable bonds is 5. The number of amides is 2. The van der Waals surface area contributed by atoms with Crippen molar-refractivity contribution in [1.29, 1.82) is 0 Å². The fraction of sp³-hybridized carbons (Fsp3) is 0.550. The van der Waals surface area contributed by atoms with Gasteiger partial charge in [-0.25, -0.2) is 0 Å². The summed E-state index contributed by atoms with van der Waals surface area (Å²) in [6, 6.07) is 5.64. The molecule has 0 spiro atoms. The monoisotopic (exact) mass is 386 g/mol. The first-order valence-electron chi connectivity index (χ1n) is 9.82. The molecule has 1 saturated heterocycles. The molecule has 7 heteroatoms. The van der Waals surface area contributed by atoms with Crippen molar-refractivity contribution in [3.8, 4) is 0 Å². The smallest absolute Gasteiger partial charge is 0.230 e. The minimum atomic E-state index is -0.143. The largest absolute Gasteiger partial charge is 0.350 e. The molecule has 144 valence electrons. The molecule has 3 aliphatic rings. The summed E-state index contributed by atoms with van der Waals surface area (Å²) in [7, 11) is 0. The van der Waals surface area contributed by atoms with Crippen molar-refractivity contribution in [2.45, 2.75) is 63.0 Å². The minimum absolute atomic E-state index is 0.0215. The van der Waals surface area contributed by atoms with Gasteiger partial charge < -0.3 is 10.6 Å². The highest BCUT2D eigenvalue weighted by Crippen LogP contribution is 2.48. The normalized spacial score (nSPS) is 27.4. The van der Waals surface area contributed by atoms with Crippen LogP contribution < -0.4 is 16.0 Å². The van der Waals surface area contributed by atoms with E-state index >= 15 is 0 Å². The Morgan fingerprint density at radius 1 is 1.26 bits per heavy atom. The van der Waals surface area contributed by atoms with Gasteiger partial charge in [0.15, 0.2) is 0 Å². The Morgan fingerprint density at radius 2 is 2.15 bits per heavy atom. The van der Waals surface area contributed by atoms with Crippen LogP contribution in [0.25, 0.3) is 0 Å². The van der Waals surface area contributed by atoms with Crippen molar-refractivity contribution in [2.24, 2.45) is 5.92 Å². The zero-order valence-corrected chi connectivity index (χ0v) is 16.2. The van der Waals surface area contributed by atoms with Crippen LogP contribution in [0.4, 0.5) is 0 Å². The molecule has 1 aromatic rings. The van der Waals surface area contributed by atoms with Gasteiger partial charge >= 0.3 is 0 Å². The van der Waals surface area contributed by atoms with E-state index in [-0.39, 0.29) is 29.3 Å². The Bertz CT molecular complexity index is 737. The van der Waals surface area contributed by atoms with Gasteiger partial charge in [0, 0.05) is 12.6 Å². The van der Waals surface area contributed by atoms with Crippen molar-refractivity contribution >= 4 is 23.6 Å². The van der Waals surface area contributed by atoms with E-state index in [1.54, 1.807) is 6.20 Å². The second-order valence-corrected chi connectivity index (χ2v) is 8.63. The number of nitrogens with one attached hydrogen (secondary N) is 3. The highest BCUT2D eigenvalue weighted by molar-refractivity contribution is 8.04. The number of pyridine rings is 1. The maximum absolute atomic E-state index is 12.7. The van der Waals surface area contributed by atoms with Crippen molar-refractivity contribution in [3.05, 3.63) is 40.6 Å². The molecule has 4 rings (SSSR count). The van der Waals surface area contributed by atoms with Crippen molar-refractivity contribution in [3.63, 3.8) is 0 Å². The first-order chi connectivity index (χ1) is 13.2. The van der Waals surface area contributed by atoms with Gasteiger partial charge in [-0.3, -0.25) is 19.9 Å². The molecule has 1 aliphatic carbocycles. The summed E-state index contributed by atoms with van der Waals surface area (Å²) < 4.78 is 0. The zero-order chi connectivity index (χ0) is 18.6. The standard InChI is InChI=1S/C20H26N4O2S/c25-17(22-12-13-6-4-5-11-21-13)10-9-16-23-19(26)18-14-7-2-1-3-8-15(14)27-20(18)24-16/h4-6,11,16,18,20,24H,1-3,7-10,12H2,(H,22,25)(H,23,26). The molecule has 3 heterocycles. The lowest BCUT2D eigenvalue weighted by molar-refractivity contribution is -0.128. The van der Waals surface area contributed by atoms with Gasteiger partial charge in [0.25, 0.3) is 0 Å². The number of hydrogen-bond acceptors (Lipinski definition) is 5. The van der Waals surface area contributed by atoms with E-state index in [0.29, 0.717) is 19.4 Å². The summed E-state index contributed by atoms with van der Waals surface area (Å²) in [5, 5.41) is 9.65. The summed E-state index contributed by atoms with van der Waals surface area (Å²) in [5.41, 5.74) is 2.20. The predicted octanol–water partition coefficient (Wildman–Crippen LogP) is 2.43. The molecule has 1 aromatic heterocycles. The Morgan fingerprint density at radius 3 is 3.00 bits per heavy atom. The summed E-state index contributed by atoms with van der Waals surface area (Å²) in [6.07, 6.45) is 8.39. The number of thioether (sulfide) groups is 1. The van der Waals surface area contributed by atoms with Crippen LogP contribution in [-0.2, 0) is 16.1 Å². The number of aromatic nitrogens is 1. The number of allylic oxidation sites excluding steroid dienone is 1. The lowest BCUT2D eigenvalue weighted by Crippen LogP contribution is -2.59. The average Bonchev–Trinajstić information content (AvgIpc) is 2.87. The maximum atomic E-state index is 12.7. The van der Waals surface area contributed by atoms with Crippen molar-refractivity contribution in [1.82, 2.24) is 20.9 Å². The van der Waals surface area contributed by atoms with Crippen LogP contribution in [0, 0.1) is 5.92 Å². The van der Waals surface area contributed by atoms with Gasteiger partial charge in [0.05, 0.1) is 29.7 Å². The Balaban J connectivity index is 1.26. The second-order valence-electron chi connectivity index (χ2n) is 7.39. The third-order valence-electron chi connectivity index (χ3n) is 5.47. The fourth-order valence-corrected chi connectivity index (χ4v) is 5.69. The molecular weight excluding hydrogens is 360 g/mol. The van der Waals surface area contributed by atoms with Crippen LogP contribution in [0.1, 0.15) is 50.6 Å². The highest BCUT2D eigenvalue weighted by Gasteiger charge is 2.44. The van der Waals surface area contributed by atoms with Gasteiger partial charge in [-0.15, -0.1) is 11.8 Å². The van der Waals surface area contributed by atoms with Gasteiger partial charge in [0.2, 0.25) is 11.8 Å². The van der Waals surface area contributed by atoms with Gasteiger partial charge in [-0.05, 0) is 54.7 Å². The first kappa shape index (κ1) is 18.5. The molecule has 2 aliphatic heterocycles. The molecule has 3 atom stereocenters. The summed E-state index contributed by atoms with van der Waals surface area (Å²) in [4.78, 5) is 30.4. The summed E-state index contributed by atoms with van der Waals surface area (Å²) in [5.74, 6) is 0.0705. The Hall–Kier alpha value is -1.86. The number of fused-ring (bicyclic) bond motifs is 2.